The summed E-state index contributed by atoms with van der Waals surface area (Å²) in [5, 5.41) is 5.92. The molecular weight excluding hydrogens is 417 g/mol. The second-order valence-corrected chi connectivity index (χ2v) is 6.94. The molecule has 7 nitrogen and oxygen atoms in total. The van der Waals surface area contributed by atoms with Crippen LogP contribution in [0.3, 0.4) is 0 Å². The summed E-state index contributed by atoms with van der Waals surface area (Å²) in [6.07, 6.45) is 1.45. The third-order valence-electron chi connectivity index (χ3n) is 4.52. The summed E-state index contributed by atoms with van der Waals surface area (Å²) >= 11 is 12.8. The zero-order chi connectivity index (χ0) is 20.7. The molecule has 0 aliphatic rings. The summed E-state index contributed by atoms with van der Waals surface area (Å²) in [4.78, 5) is 26.9. The number of methoxy groups -OCH3 is 1. The number of H-pyrrole nitrogens is 1. The van der Waals surface area contributed by atoms with Crippen molar-refractivity contribution in [2.75, 3.05) is 13.7 Å². The van der Waals surface area contributed by atoms with E-state index in [1.165, 1.54) is 17.8 Å². The van der Waals surface area contributed by atoms with Gasteiger partial charge in [-0.05, 0) is 30.7 Å². The molecule has 4 rings (SSSR count). The fourth-order valence-electron chi connectivity index (χ4n) is 3.20. The molecular formula is C20H15Cl2N3O4. The third-order valence-corrected chi connectivity index (χ3v) is 5.20. The van der Waals surface area contributed by atoms with Crippen molar-refractivity contribution >= 4 is 45.5 Å². The van der Waals surface area contributed by atoms with Crippen LogP contribution >= 0.6 is 23.2 Å². The number of nitrogens with one attached hydrogen (secondary N) is 1. The second-order valence-electron chi connectivity index (χ2n) is 6.16. The van der Waals surface area contributed by atoms with Gasteiger partial charge in [-0.15, -0.1) is 0 Å². The number of pyridine rings is 2. The first-order chi connectivity index (χ1) is 14.0. The number of fused-ring (bicyclic) bond motifs is 2. The number of benzene rings is 1. The Morgan fingerprint density at radius 3 is 2.72 bits per heavy atom. The molecule has 3 heterocycles. The van der Waals surface area contributed by atoms with Crippen LogP contribution in [0, 0.1) is 0 Å². The lowest BCUT2D eigenvalue weighted by Crippen LogP contribution is -2.06. The molecule has 0 aliphatic carbocycles. The van der Waals surface area contributed by atoms with Gasteiger partial charge in [-0.3, -0.25) is 4.79 Å². The van der Waals surface area contributed by atoms with Gasteiger partial charge in [-0.25, -0.2) is 4.79 Å². The molecule has 3 aromatic heterocycles. The maximum atomic E-state index is 12.3. The minimum atomic E-state index is -0.623. The molecule has 0 saturated carbocycles. The van der Waals surface area contributed by atoms with E-state index in [9.17, 15) is 9.59 Å². The Balaban J connectivity index is 2.02. The first-order valence-corrected chi connectivity index (χ1v) is 9.45. The monoisotopic (exact) mass is 431 g/mol. The van der Waals surface area contributed by atoms with Crippen LogP contribution in [-0.2, 0) is 4.74 Å². The molecule has 0 saturated heterocycles. The van der Waals surface area contributed by atoms with Crippen molar-refractivity contribution in [2.45, 2.75) is 6.92 Å². The quantitative estimate of drug-likeness (QED) is 0.485. The number of carbonyl (C=O) groups excluding carboxylic acids is 1. The summed E-state index contributed by atoms with van der Waals surface area (Å²) in [7, 11) is 1.50. The van der Waals surface area contributed by atoms with E-state index in [1.807, 2.05) is 0 Å². The number of esters is 1. The van der Waals surface area contributed by atoms with E-state index in [0.29, 0.717) is 32.8 Å². The van der Waals surface area contributed by atoms with Crippen LogP contribution in [-0.4, -0.2) is 34.3 Å². The van der Waals surface area contributed by atoms with E-state index < -0.39 is 5.97 Å². The minimum absolute atomic E-state index is 0.00506. The number of hydrogen-bond donors (Lipinski definition) is 1. The van der Waals surface area contributed by atoms with Crippen molar-refractivity contribution in [1.82, 2.24) is 14.6 Å². The average Bonchev–Trinajstić information content (AvgIpc) is 3.08. The standard InChI is InChI=1S/C20H15Cl2N3O4/c1-3-29-20(27)17-16(22)18-11(6-7-15(28-2)25(18)24-17)10-4-5-12-13(8-10)14(21)9-23-19(12)26/h4-9H,3H2,1-2H3,(H,23,26). The van der Waals surface area contributed by atoms with Crippen LogP contribution in [0.5, 0.6) is 5.88 Å². The highest BCUT2D eigenvalue weighted by molar-refractivity contribution is 6.37. The molecule has 0 spiro atoms. The average molecular weight is 432 g/mol. The molecule has 1 aromatic carbocycles. The predicted octanol–water partition coefficient (Wildman–Crippen LogP) is 4.33. The number of nitrogens with zero attached hydrogens (tertiary/aromatic N) is 2. The minimum Gasteiger partial charge on any atom is -0.481 e. The Labute approximate surface area is 174 Å². The van der Waals surface area contributed by atoms with Gasteiger partial charge in [0, 0.05) is 28.6 Å². The molecule has 29 heavy (non-hydrogen) atoms. The first-order valence-electron chi connectivity index (χ1n) is 8.70. The highest BCUT2D eigenvalue weighted by atomic mass is 35.5. The zero-order valence-corrected chi connectivity index (χ0v) is 17.0. The summed E-state index contributed by atoms with van der Waals surface area (Å²) in [6.45, 7) is 1.90. The SMILES string of the molecule is CCOC(=O)c1nn2c(OC)ccc(-c3ccc4c(=O)[nH]cc(Cl)c4c3)c2c1Cl. The molecule has 0 amide bonds. The maximum absolute atomic E-state index is 12.3. The molecule has 0 bridgehead atoms. The van der Waals surface area contributed by atoms with Gasteiger partial charge in [0.25, 0.3) is 5.56 Å². The van der Waals surface area contributed by atoms with Crippen LogP contribution in [0.4, 0.5) is 0 Å². The van der Waals surface area contributed by atoms with Gasteiger partial charge in [0.1, 0.15) is 5.02 Å². The molecule has 1 N–H and O–H groups in total. The van der Waals surface area contributed by atoms with Crippen LogP contribution in [0.1, 0.15) is 17.4 Å². The second kappa shape index (κ2) is 7.42. The van der Waals surface area contributed by atoms with E-state index in [2.05, 4.69) is 10.1 Å². The van der Waals surface area contributed by atoms with Crippen LogP contribution in [0.15, 0.2) is 41.3 Å². The van der Waals surface area contributed by atoms with E-state index in [-0.39, 0.29) is 22.9 Å². The number of hydrogen-bond acceptors (Lipinski definition) is 5. The topological polar surface area (TPSA) is 85.7 Å². The number of ether oxygens (including phenoxy) is 2. The van der Waals surface area contributed by atoms with Gasteiger partial charge in [0.05, 0.1) is 24.3 Å². The molecule has 4 aromatic rings. The molecule has 0 atom stereocenters. The fourth-order valence-corrected chi connectivity index (χ4v) is 3.71. The van der Waals surface area contributed by atoms with Crippen LogP contribution in [0.25, 0.3) is 27.4 Å². The van der Waals surface area contributed by atoms with Crippen LogP contribution in [0.2, 0.25) is 10.0 Å². The van der Waals surface area contributed by atoms with Crippen molar-refractivity contribution in [2.24, 2.45) is 0 Å². The molecule has 148 valence electrons. The van der Waals surface area contributed by atoms with Gasteiger partial charge >= 0.3 is 5.97 Å². The van der Waals surface area contributed by atoms with Crippen LogP contribution < -0.4 is 10.3 Å². The highest BCUT2D eigenvalue weighted by Crippen LogP contribution is 2.36. The Kier molecular flexibility index (Phi) is 4.94. The molecule has 0 unspecified atom stereocenters. The van der Waals surface area contributed by atoms with Crippen molar-refractivity contribution in [1.29, 1.82) is 0 Å². The van der Waals surface area contributed by atoms with Gasteiger partial charge in [0.2, 0.25) is 5.88 Å². The van der Waals surface area contributed by atoms with E-state index in [4.69, 9.17) is 32.7 Å². The molecule has 0 radical (unpaired) electrons. The number of rotatable bonds is 4. The lowest BCUT2D eigenvalue weighted by Gasteiger charge is -2.10. The maximum Gasteiger partial charge on any atom is 0.360 e. The lowest BCUT2D eigenvalue weighted by atomic mass is 10.0. The molecule has 0 aliphatic heterocycles. The number of carbonyl (C=O) groups is 1. The van der Waals surface area contributed by atoms with Crippen molar-refractivity contribution in [3.63, 3.8) is 0 Å². The highest BCUT2D eigenvalue weighted by Gasteiger charge is 2.23. The normalized spacial score (nSPS) is 11.2. The zero-order valence-electron chi connectivity index (χ0n) is 15.5. The van der Waals surface area contributed by atoms with Crippen molar-refractivity contribution in [3.8, 4) is 17.0 Å². The Hall–Kier alpha value is -3.03. The number of aromatic nitrogens is 3. The Bertz CT molecular complexity index is 1330. The number of halogens is 2. The number of aromatic amines is 1. The summed E-state index contributed by atoms with van der Waals surface area (Å²) in [5.41, 5.74) is 1.68. The largest absolute Gasteiger partial charge is 0.481 e. The summed E-state index contributed by atoms with van der Waals surface area (Å²) < 4.78 is 11.9. The Morgan fingerprint density at radius 1 is 1.21 bits per heavy atom. The van der Waals surface area contributed by atoms with E-state index in [1.54, 1.807) is 37.3 Å². The summed E-state index contributed by atoms with van der Waals surface area (Å²) in [6, 6.07) is 8.78. The van der Waals surface area contributed by atoms with Gasteiger partial charge in [-0.1, -0.05) is 29.3 Å². The lowest BCUT2D eigenvalue weighted by molar-refractivity contribution is 0.0519. The Morgan fingerprint density at radius 2 is 2.00 bits per heavy atom. The summed E-state index contributed by atoms with van der Waals surface area (Å²) in [5.74, 6) is -0.223. The van der Waals surface area contributed by atoms with Crippen molar-refractivity contribution in [3.05, 3.63) is 62.6 Å². The van der Waals surface area contributed by atoms with Gasteiger partial charge in [0.15, 0.2) is 5.69 Å². The fraction of sp³-hybridized carbons (Fsp3) is 0.150. The van der Waals surface area contributed by atoms with Gasteiger partial charge < -0.3 is 14.5 Å². The van der Waals surface area contributed by atoms with E-state index in [0.717, 1.165) is 5.56 Å². The molecule has 0 fully saturated rings. The van der Waals surface area contributed by atoms with Crippen molar-refractivity contribution < 1.29 is 14.3 Å². The smallest absolute Gasteiger partial charge is 0.360 e. The molecule has 9 heteroatoms. The third kappa shape index (κ3) is 3.12. The van der Waals surface area contributed by atoms with E-state index >= 15 is 0 Å². The predicted molar refractivity (Wildman–Crippen MR) is 111 cm³/mol. The van der Waals surface area contributed by atoms with Gasteiger partial charge in [-0.2, -0.15) is 9.61 Å². The first kappa shape index (κ1) is 19.3.